The molecule has 0 saturated heterocycles. The summed E-state index contributed by atoms with van der Waals surface area (Å²) in [5.74, 6) is -0.0532. The summed E-state index contributed by atoms with van der Waals surface area (Å²) >= 11 is 0. The molecule has 0 unspecified atom stereocenters. The molecule has 0 saturated carbocycles. The predicted molar refractivity (Wildman–Crippen MR) is 97.5 cm³/mol. The van der Waals surface area contributed by atoms with E-state index in [1.165, 1.54) is 25.3 Å². The number of aromatic nitrogens is 2. The quantitative estimate of drug-likeness (QED) is 0.527. The number of imidazole rings is 1. The lowest BCUT2D eigenvalue weighted by Gasteiger charge is -2.07. The van der Waals surface area contributed by atoms with E-state index in [2.05, 4.69) is 4.98 Å². The van der Waals surface area contributed by atoms with Crippen LogP contribution in [0, 0.1) is 0 Å². The molecule has 0 aliphatic rings. The van der Waals surface area contributed by atoms with Crippen LogP contribution in [-0.4, -0.2) is 32.7 Å². The van der Waals surface area contributed by atoms with Gasteiger partial charge >= 0.3 is 0 Å². The molecule has 0 aliphatic carbocycles. The highest BCUT2D eigenvalue weighted by Gasteiger charge is 2.10. The normalized spacial score (nSPS) is 11.0. The lowest BCUT2D eigenvalue weighted by atomic mass is 10.0. The summed E-state index contributed by atoms with van der Waals surface area (Å²) in [6.45, 7) is 0.552. The van der Waals surface area contributed by atoms with E-state index < -0.39 is 0 Å². The molecular formula is C20H18N2O4. The van der Waals surface area contributed by atoms with Gasteiger partial charge in [0.25, 0.3) is 0 Å². The SMILES string of the molecule is COc1ccc(/C=C/C(=O)c2cc(Cn3ccnc3)ccc2O)cc1O. The molecule has 0 fully saturated rings. The smallest absolute Gasteiger partial charge is 0.189 e. The molecule has 1 aromatic heterocycles. The minimum atomic E-state index is -0.328. The first-order chi connectivity index (χ1) is 12.6. The van der Waals surface area contributed by atoms with Crippen molar-refractivity contribution in [3.63, 3.8) is 0 Å². The summed E-state index contributed by atoms with van der Waals surface area (Å²) in [6, 6.07) is 9.76. The second-order valence-corrected chi connectivity index (χ2v) is 5.72. The van der Waals surface area contributed by atoms with Gasteiger partial charge in [0.2, 0.25) is 0 Å². The largest absolute Gasteiger partial charge is 0.507 e. The lowest BCUT2D eigenvalue weighted by molar-refractivity contribution is 0.104. The third kappa shape index (κ3) is 3.92. The van der Waals surface area contributed by atoms with Gasteiger partial charge in [-0.25, -0.2) is 4.98 Å². The van der Waals surface area contributed by atoms with Gasteiger partial charge in [-0.3, -0.25) is 4.79 Å². The third-order valence-corrected chi connectivity index (χ3v) is 3.88. The van der Waals surface area contributed by atoms with E-state index in [1.807, 2.05) is 10.8 Å². The summed E-state index contributed by atoms with van der Waals surface area (Å²) in [5.41, 5.74) is 1.74. The van der Waals surface area contributed by atoms with Crippen molar-refractivity contribution in [3.8, 4) is 17.2 Å². The number of hydrogen-bond acceptors (Lipinski definition) is 5. The molecule has 0 radical (unpaired) electrons. The Bertz CT molecular complexity index is 946. The number of hydrogen-bond donors (Lipinski definition) is 2. The summed E-state index contributed by atoms with van der Waals surface area (Å²) in [4.78, 5) is 16.4. The van der Waals surface area contributed by atoms with Crippen molar-refractivity contribution in [3.05, 3.63) is 77.9 Å². The Morgan fingerprint density at radius 3 is 2.73 bits per heavy atom. The zero-order chi connectivity index (χ0) is 18.5. The first-order valence-electron chi connectivity index (χ1n) is 7.94. The molecule has 3 rings (SSSR count). The number of carbonyl (C=O) groups is 1. The fraction of sp³-hybridized carbons (Fsp3) is 0.100. The summed E-state index contributed by atoms with van der Waals surface area (Å²) in [5, 5.41) is 19.8. The fourth-order valence-corrected chi connectivity index (χ4v) is 2.54. The second-order valence-electron chi connectivity index (χ2n) is 5.72. The molecule has 0 bridgehead atoms. The molecule has 0 amide bonds. The molecule has 0 spiro atoms. The fourth-order valence-electron chi connectivity index (χ4n) is 2.54. The van der Waals surface area contributed by atoms with Crippen LogP contribution < -0.4 is 4.74 Å². The van der Waals surface area contributed by atoms with Crippen molar-refractivity contribution < 1.29 is 19.7 Å². The predicted octanol–water partition coefficient (Wildman–Crippen LogP) is 3.25. The molecule has 6 nitrogen and oxygen atoms in total. The number of nitrogens with zero attached hydrogens (tertiary/aromatic N) is 2. The van der Waals surface area contributed by atoms with E-state index in [1.54, 1.807) is 42.9 Å². The van der Waals surface area contributed by atoms with Crippen LogP contribution in [0.1, 0.15) is 21.5 Å². The molecule has 0 aliphatic heterocycles. The zero-order valence-corrected chi connectivity index (χ0v) is 14.2. The number of aromatic hydroxyl groups is 2. The maximum atomic E-state index is 12.4. The van der Waals surface area contributed by atoms with Crippen molar-refractivity contribution in [2.75, 3.05) is 7.11 Å². The van der Waals surface area contributed by atoms with Crippen LogP contribution in [0.3, 0.4) is 0 Å². The minimum Gasteiger partial charge on any atom is -0.507 e. The Hall–Kier alpha value is -3.54. The molecule has 1 heterocycles. The first kappa shape index (κ1) is 17.3. The topological polar surface area (TPSA) is 84.6 Å². The van der Waals surface area contributed by atoms with Crippen molar-refractivity contribution in [2.45, 2.75) is 6.54 Å². The lowest BCUT2D eigenvalue weighted by Crippen LogP contribution is -2.00. The Labute approximate surface area is 150 Å². The van der Waals surface area contributed by atoms with Gasteiger partial charge in [0.05, 0.1) is 19.0 Å². The molecular weight excluding hydrogens is 332 g/mol. The molecule has 6 heteroatoms. The summed E-state index contributed by atoms with van der Waals surface area (Å²) in [6.07, 6.45) is 8.12. The molecule has 3 aromatic rings. The van der Waals surface area contributed by atoms with Crippen LogP contribution >= 0.6 is 0 Å². The van der Waals surface area contributed by atoms with Crippen molar-refractivity contribution in [2.24, 2.45) is 0 Å². The highest BCUT2D eigenvalue weighted by atomic mass is 16.5. The summed E-state index contributed by atoms with van der Waals surface area (Å²) in [7, 11) is 1.47. The van der Waals surface area contributed by atoms with Gasteiger partial charge in [-0.1, -0.05) is 18.2 Å². The van der Waals surface area contributed by atoms with Gasteiger partial charge in [-0.15, -0.1) is 0 Å². The number of phenols is 2. The van der Waals surface area contributed by atoms with Gasteiger partial charge < -0.3 is 19.5 Å². The van der Waals surface area contributed by atoms with Crippen molar-refractivity contribution >= 4 is 11.9 Å². The minimum absolute atomic E-state index is 0.00715. The van der Waals surface area contributed by atoms with Crippen LogP contribution in [0.2, 0.25) is 0 Å². The maximum absolute atomic E-state index is 12.4. The molecule has 0 atom stereocenters. The number of phenolic OH excluding ortho intramolecular Hbond substituents is 2. The molecule has 2 N–H and O–H groups in total. The number of methoxy groups -OCH3 is 1. The van der Waals surface area contributed by atoms with Crippen LogP contribution in [-0.2, 0) is 6.54 Å². The first-order valence-corrected chi connectivity index (χ1v) is 7.94. The average Bonchev–Trinajstić information content (AvgIpc) is 3.14. The number of allylic oxidation sites excluding steroid dienone is 1. The van der Waals surface area contributed by atoms with E-state index >= 15 is 0 Å². The highest BCUT2D eigenvalue weighted by molar-refractivity contribution is 6.08. The van der Waals surface area contributed by atoms with E-state index in [4.69, 9.17) is 4.74 Å². The van der Waals surface area contributed by atoms with Crippen LogP contribution in [0.5, 0.6) is 17.2 Å². The van der Waals surface area contributed by atoms with Crippen LogP contribution in [0.4, 0.5) is 0 Å². The van der Waals surface area contributed by atoms with Gasteiger partial charge in [0, 0.05) is 18.9 Å². The van der Waals surface area contributed by atoms with Gasteiger partial charge in [-0.2, -0.15) is 0 Å². The van der Waals surface area contributed by atoms with E-state index in [-0.39, 0.29) is 22.8 Å². The van der Waals surface area contributed by atoms with E-state index in [9.17, 15) is 15.0 Å². The van der Waals surface area contributed by atoms with Gasteiger partial charge in [0.1, 0.15) is 5.75 Å². The van der Waals surface area contributed by atoms with Crippen LogP contribution in [0.15, 0.2) is 61.2 Å². The summed E-state index contributed by atoms with van der Waals surface area (Å²) < 4.78 is 6.86. The monoisotopic (exact) mass is 350 g/mol. The Morgan fingerprint density at radius 1 is 1.19 bits per heavy atom. The maximum Gasteiger partial charge on any atom is 0.189 e. The molecule has 2 aromatic carbocycles. The highest BCUT2D eigenvalue weighted by Crippen LogP contribution is 2.27. The van der Waals surface area contributed by atoms with E-state index in [0.717, 1.165) is 5.56 Å². The molecule has 132 valence electrons. The third-order valence-electron chi connectivity index (χ3n) is 3.88. The number of ketones is 1. The Kier molecular flexibility index (Phi) is 5.03. The van der Waals surface area contributed by atoms with Crippen molar-refractivity contribution in [1.82, 2.24) is 9.55 Å². The standard InChI is InChI=1S/C20H18N2O4/c1-26-20-7-4-14(11-19(20)25)2-5-17(23)16-10-15(3-6-18(16)24)12-22-9-8-21-13-22/h2-11,13,24-25H,12H2,1H3/b5-2+. The number of benzene rings is 2. The Morgan fingerprint density at radius 2 is 2.04 bits per heavy atom. The Balaban J connectivity index is 1.79. The van der Waals surface area contributed by atoms with Crippen molar-refractivity contribution in [1.29, 1.82) is 0 Å². The second kappa shape index (κ2) is 7.57. The van der Waals surface area contributed by atoms with Gasteiger partial charge in [-0.05, 0) is 41.5 Å². The van der Waals surface area contributed by atoms with Crippen LogP contribution in [0.25, 0.3) is 6.08 Å². The molecule has 26 heavy (non-hydrogen) atoms. The van der Waals surface area contributed by atoms with E-state index in [0.29, 0.717) is 17.9 Å². The number of rotatable bonds is 6. The number of ether oxygens (including phenoxy) is 1. The van der Waals surface area contributed by atoms with Gasteiger partial charge in [0.15, 0.2) is 17.3 Å². The zero-order valence-electron chi connectivity index (χ0n) is 14.2. The number of carbonyl (C=O) groups excluding carboxylic acids is 1. The average molecular weight is 350 g/mol.